The average molecular weight is 376 g/mol. The van der Waals surface area contributed by atoms with Crippen LogP contribution in [-0.2, 0) is 11.3 Å². The van der Waals surface area contributed by atoms with Crippen molar-refractivity contribution in [3.8, 4) is 0 Å². The minimum atomic E-state index is 0.178. The quantitative estimate of drug-likeness (QED) is 0.466. The highest BCUT2D eigenvalue weighted by atomic mass is 16.1. The molecular formula is C23H41N3O. The highest BCUT2D eigenvalue weighted by Gasteiger charge is 2.21. The molecular weight excluding hydrogens is 334 g/mol. The molecule has 1 aliphatic rings. The van der Waals surface area contributed by atoms with Crippen LogP contribution in [0.5, 0.6) is 0 Å². The summed E-state index contributed by atoms with van der Waals surface area (Å²) in [7, 11) is 0. The maximum atomic E-state index is 11.8. The Bertz CT molecular complexity index is 552. The maximum absolute atomic E-state index is 11.8. The molecule has 1 aromatic heterocycles. The molecule has 0 amide bonds. The summed E-state index contributed by atoms with van der Waals surface area (Å²) >= 11 is 0. The van der Waals surface area contributed by atoms with Crippen molar-refractivity contribution >= 4 is 5.78 Å². The van der Waals surface area contributed by atoms with Gasteiger partial charge < -0.3 is 4.90 Å². The number of rotatable bonds is 12. The Labute approximate surface area is 166 Å². The van der Waals surface area contributed by atoms with Gasteiger partial charge in [0.05, 0.1) is 6.20 Å². The molecule has 2 atom stereocenters. The lowest BCUT2D eigenvalue weighted by Crippen LogP contribution is -2.37. The molecule has 154 valence electrons. The molecule has 1 unspecified atom stereocenters. The van der Waals surface area contributed by atoms with Crippen molar-refractivity contribution < 1.29 is 4.79 Å². The van der Waals surface area contributed by atoms with E-state index in [-0.39, 0.29) is 5.92 Å². The zero-order valence-electron chi connectivity index (χ0n) is 18.1. The van der Waals surface area contributed by atoms with Crippen LogP contribution in [0.4, 0.5) is 0 Å². The van der Waals surface area contributed by atoms with Crippen LogP contribution in [0.2, 0.25) is 0 Å². The first-order chi connectivity index (χ1) is 13.0. The van der Waals surface area contributed by atoms with E-state index in [0.29, 0.717) is 17.6 Å². The molecule has 1 fully saturated rings. The normalized spacial score (nSPS) is 19.5. The van der Waals surface area contributed by atoms with Crippen LogP contribution in [0.15, 0.2) is 12.4 Å². The van der Waals surface area contributed by atoms with E-state index >= 15 is 0 Å². The average Bonchev–Trinajstić information content (AvgIpc) is 3.10. The Morgan fingerprint density at radius 1 is 1.26 bits per heavy atom. The molecule has 2 rings (SSSR count). The number of aromatic nitrogens is 2. The van der Waals surface area contributed by atoms with E-state index in [0.717, 1.165) is 32.5 Å². The first kappa shape index (κ1) is 22.1. The first-order valence-electron chi connectivity index (χ1n) is 11.3. The van der Waals surface area contributed by atoms with Crippen molar-refractivity contribution in [1.29, 1.82) is 0 Å². The highest BCUT2D eigenvalue weighted by Crippen LogP contribution is 2.23. The summed E-state index contributed by atoms with van der Waals surface area (Å²) in [6.07, 6.45) is 13.9. The molecule has 0 N–H and O–H groups in total. The second-order valence-electron chi connectivity index (χ2n) is 8.93. The number of Topliss-reactive ketones (excluding diaryl/α,β-unsaturated/α-hetero) is 1. The molecule has 4 nitrogen and oxygen atoms in total. The van der Waals surface area contributed by atoms with E-state index in [1.165, 1.54) is 50.6 Å². The van der Waals surface area contributed by atoms with Crippen molar-refractivity contribution in [2.24, 2.45) is 11.8 Å². The summed E-state index contributed by atoms with van der Waals surface area (Å²) in [6.45, 7) is 13.0. The van der Waals surface area contributed by atoms with Gasteiger partial charge in [0.1, 0.15) is 5.78 Å². The van der Waals surface area contributed by atoms with Gasteiger partial charge in [-0.1, -0.05) is 47.0 Å². The Balaban J connectivity index is 1.74. The molecule has 0 radical (unpaired) electrons. The molecule has 4 heteroatoms. The number of likely N-dealkylation sites (tertiary alicyclic amines) is 1. The third-order valence-electron chi connectivity index (χ3n) is 6.05. The van der Waals surface area contributed by atoms with Gasteiger partial charge in [-0.25, -0.2) is 0 Å². The SMILES string of the molecule is CCCCCC(C)c1cnn(C[C@H]2CCCN(CCCC(=O)C(C)C)C2)c1. The van der Waals surface area contributed by atoms with Gasteiger partial charge in [0.2, 0.25) is 0 Å². The van der Waals surface area contributed by atoms with E-state index in [1.54, 1.807) is 0 Å². The monoisotopic (exact) mass is 375 g/mol. The third kappa shape index (κ3) is 7.77. The van der Waals surface area contributed by atoms with Crippen LogP contribution in [0.25, 0.3) is 0 Å². The Morgan fingerprint density at radius 3 is 2.81 bits per heavy atom. The van der Waals surface area contributed by atoms with Gasteiger partial charge in [-0.05, 0) is 56.2 Å². The number of carbonyl (C=O) groups is 1. The van der Waals surface area contributed by atoms with E-state index in [2.05, 4.69) is 40.9 Å². The minimum absolute atomic E-state index is 0.178. The van der Waals surface area contributed by atoms with Crippen molar-refractivity contribution in [2.75, 3.05) is 19.6 Å². The lowest BCUT2D eigenvalue weighted by molar-refractivity contribution is -0.122. The lowest BCUT2D eigenvalue weighted by Gasteiger charge is -2.32. The van der Waals surface area contributed by atoms with Gasteiger partial charge in [-0.2, -0.15) is 5.10 Å². The molecule has 1 aromatic rings. The first-order valence-corrected chi connectivity index (χ1v) is 11.3. The Hall–Kier alpha value is -1.16. The van der Waals surface area contributed by atoms with Crippen LogP contribution in [0.1, 0.15) is 90.5 Å². The summed E-state index contributed by atoms with van der Waals surface area (Å²) in [5.74, 6) is 1.88. The molecule has 0 saturated carbocycles. The number of carbonyl (C=O) groups excluding carboxylic acids is 1. The zero-order valence-corrected chi connectivity index (χ0v) is 18.1. The molecule has 27 heavy (non-hydrogen) atoms. The largest absolute Gasteiger partial charge is 0.303 e. The molecule has 0 aliphatic carbocycles. The fourth-order valence-corrected chi connectivity index (χ4v) is 4.13. The molecule has 1 aliphatic heterocycles. The number of nitrogens with zero attached hydrogens (tertiary/aromatic N) is 3. The second kappa shape index (κ2) is 11.6. The van der Waals surface area contributed by atoms with E-state index in [4.69, 9.17) is 0 Å². The Morgan fingerprint density at radius 2 is 2.07 bits per heavy atom. The molecule has 0 spiro atoms. The van der Waals surface area contributed by atoms with Gasteiger partial charge in [0.25, 0.3) is 0 Å². The molecule has 0 aromatic carbocycles. The zero-order chi connectivity index (χ0) is 19.6. The maximum Gasteiger partial charge on any atom is 0.135 e. The fraction of sp³-hybridized carbons (Fsp3) is 0.826. The lowest BCUT2D eigenvalue weighted by atomic mass is 9.97. The molecule has 0 bridgehead atoms. The van der Waals surface area contributed by atoms with Gasteiger partial charge >= 0.3 is 0 Å². The number of unbranched alkanes of at least 4 members (excludes halogenated alkanes) is 2. The van der Waals surface area contributed by atoms with Crippen molar-refractivity contribution in [1.82, 2.24) is 14.7 Å². The third-order valence-corrected chi connectivity index (χ3v) is 6.05. The van der Waals surface area contributed by atoms with Gasteiger partial charge in [0, 0.05) is 31.6 Å². The van der Waals surface area contributed by atoms with Crippen LogP contribution < -0.4 is 0 Å². The standard InChI is InChI=1S/C23H41N3O/c1-5-6-7-10-20(4)22-15-24-26(18-22)17-21-11-8-13-25(16-21)14-9-12-23(27)19(2)3/h15,18-21H,5-14,16-17H2,1-4H3/t20?,21-/m0/s1. The molecule has 1 saturated heterocycles. The Kier molecular flexibility index (Phi) is 9.53. The number of hydrogen-bond acceptors (Lipinski definition) is 3. The molecule has 2 heterocycles. The smallest absolute Gasteiger partial charge is 0.135 e. The van der Waals surface area contributed by atoms with E-state index < -0.39 is 0 Å². The van der Waals surface area contributed by atoms with Crippen LogP contribution in [0, 0.1) is 11.8 Å². The highest BCUT2D eigenvalue weighted by molar-refractivity contribution is 5.80. The fourth-order valence-electron chi connectivity index (χ4n) is 4.13. The van der Waals surface area contributed by atoms with Crippen LogP contribution in [-0.4, -0.2) is 40.1 Å². The second-order valence-corrected chi connectivity index (χ2v) is 8.93. The summed E-state index contributed by atoms with van der Waals surface area (Å²) in [4.78, 5) is 14.4. The predicted molar refractivity (Wildman–Crippen MR) is 113 cm³/mol. The predicted octanol–water partition coefficient (Wildman–Crippen LogP) is 5.28. The van der Waals surface area contributed by atoms with E-state index in [9.17, 15) is 4.79 Å². The van der Waals surface area contributed by atoms with Gasteiger partial charge in [0.15, 0.2) is 0 Å². The van der Waals surface area contributed by atoms with E-state index in [1.807, 2.05) is 13.8 Å². The van der Waals surface area contributed by atoms with Gasteiger partial charge in [-0.3, -0.25) is 9.48 Å². The number of hydrogen-bond donors (Lipinski definition) is 0. The minimum Gasteiger partial charge on any atom is -0.303 e. The van der Waals surface area contributed by atoms with Gasteiger partial charge in [-0.15, -0.1) is 0 Å². The summed E-state index contributed by atoms with van der Waals surface area (Å²) in [5.41, 5.74) is 1.39. The summed E-state index contributed by atoms with van der Waals surface area (Å²) in [5, 5.41) is 4.64. The van der Waals surface area contributed by atoms with Crippen molar-refractivity contribution in [2.45, 2.75) is 91.5 Å². The van der Waals surface area contributed by atoms with Crippen molar-refractivity contribution in [3.05, 3.63) is 18.0 Å². The van der Waals surface area contributed by atoms with Crippen LogP contribution >= 0.6 is 0 Å². The summed E-state index contributed by atoms with van der Waals surface area (Å²) in [6, 6.07) is 0. The summed E-state index contributed by atoms with van der Waals surface area (Å²) < 4.78 is 2.17. The van der Waals surface area contributed by atoms with Crippen molar-refractivity contribution in [3.63, 3.8) is 0 Å². The number of piperidine rings is 1. The topological polar surface area (TPSA) is 38.1 Å². The van der Waals surface area contributed by atoms with Crippen LogP contribution in [0.3, 0.4) is 0 Å². The number of ketones is 1.